The zero-order valence-electron chi connectivity index (χ0n) is 5.78. The molecule has 1 rings (SSSR count). The molecule has 0 aliphatic heterocycles. The fraction of sp³-hybridized carbons (Fsp3) is 0.143. The van der Waals surface area contributed by atoms with E-state index >= 15 is 0 Å². The van der Waals surface area contributed by atoms with Gasteiger partial charge in [0.25, 0.3) is 0 Å². The molecule has 0 bridgehead atoms. The molecule has 1 atom stereocenters. The van der Waals surface area contributed by atoms with Gasteiger partial charge in [-0.05, 0) is 12.1 Å². The van der Waals surface area contributed by atoms with Crippen molar-refractivity contribution in [1.29, 1.82) is 0 Å². The Kier molecular flexibility index (Phi) is 4.69. The first-order valence-corrected chi connectivity index (χ1v) is 4.01. The fourth-order valence-corrected chi connectivity index (χ4v) is 0.464. The third-order valence-electron chi connectivity index (χ3n) is 0.882. The van der Waals surface area contributed by atoms with Crippen LogP contribution in [0.1, 0.15) is 0 Å². The molecule has 0 heterocycles. The van der Waals surface area contributed by atoms with Gasteiger partial charge in [-0.1, -0.05) is 18.8 Å². The zero-order chi connectivity index (χ0) is 7.98. The van der Waals surface area contributed by atoms with Crippen molar-refractivity contribution in [2.45, 2.75) is 0 Å². The van der Waals surface area contributed by atoms with E-state index in [9.17, 15) is 0 Å². The van der Waals surface area contributed by atoms with Crippen LogP contribution >= 0.6 is 9.24 Å². The number of phenols is 2. The molecule has 10 heavy (non-hydrogen) atoms. The maximum Gasteiger partial charge on any atom is 0.157 e. The van der Waals surface area contributed by atoms with Crippen molar-refractivity contribution in [2.75, 3.05) is 6.66 Å². The van der Waals surface area contributed by atoms with Gasteiger partial charge in [0.15, 0.2) is 11.5 Å². The number of hydrogen-bond donors (Lipinski definition) is 2. The van der Waals surface area contributed by atoms with Crippen LogP contribution in [-0.4, -0.2) is 16.9 Å². The van der Waals surface area contributed by atoms with Gasteiger partial charge >= 0.3 is 0 Å². The second-order valence-electron chi connectivity index (χ2n) is 1.49. The van der Waals surface area contributed by atoms with Crippen molar-refractivity contribution in [1.82, 2.24) is 0 Å². The van der Waals surface area contributed by atoms with Gasteiger partial charge in [0.2, 0.25) is 0 Å². The summed E-state index contributed by atoms with van der Waals surface area (Å²) in [6, 6.07) is 6.15. The minimum absolute atomic E-state index is 0.0764. The Bertz CT molecular complexity index is 168. The van der Waals surface area contributed by atoms with E-state index in [0.717, 1.165) is 0 Å². The molecule has 0 spiro atoms. The van der Waals surface area contributed by atoms with Gasteiger partial charge in [-0.25, -0.2) is 0 Å². The largest absolute Gasteiger partial charge is 0.504 e. The third-order valence-corrected chi connectivity index (χ3v) is 0.882. The summed E-state index contributed by atoms with van der Waals surface area (Å²) in [5.74, 6) is -0.153. The molecule has 2 N–H and O–H groups in total. The molecule has 3 heteroatoms. The summed E-state index contributed by atoms with van der Waals surface area (Å²) in [6.07, 6.45) is 0. The summed E-state index contributed by atoms with van der Waals surface area (Å²) in [5, 5.41) is 17.3. The molecule has 0 aliphatic rings. The van der Waals surface area contributed by atoms with Crippen LogP contribution in [0.5, 0.6) is 11.5 Å². The van der Waals surface area contributed by atoms with Crippen LogP contribution in [0.4, 0.5) is 0 Å². The minimum Gasteiger partial charge on any atom is -0.504 e. The number of phenolic OH excluding ortho intramolecular Hbond substituents is 2. The van der Waals surface area contributed by atoms with Crippen LogP contribution in [0.15, 0.2) is 24.3 Å². The van der Waals surface area contributed by atoms with E-state index in [2.05, 4.69) is 9.24 Å². The van der Waals surface area contributed by atoms with Crippen LogP contribution in [-0.2, 0) is 0 Å². The smallest absolute Gasteiger partial charge is 0.157 e. The van der Waals surface area contributed by atoms with Gasteiger partial charge in [0, 0.05) is 0 Å². The first kappa shape index (κ1) is 9.25. The lowest BCUT2D eigenvalue weighted by molar-refractivity contribution is 0.404. The van der Waals surface area contributed by atoms with Gasteiger partial charge in [-0.3, -0.25) is 0 Å². The zero-order valence-corrected chi connectivity index (χ0v) is 6.94. The highest BCUT2D eigenvalue weighted by Crippen LogP contribution is 2.21. The Morgan fingerprint density at radius 3 is 1.50 bits per heavy atom. The molecular formula is C7H11O2P. The highest BCUT2D eigenvalue weighted by Gasteiger charge is 1.90. The minimum atomic E-state index is -0.0764. The Labute approximate surface area is 62.7 Å². The highest BCUT2D eigenvalue weighted by molar-refractivity contribution is 7.15. The van der Waals surface area contributed by atoms with Crippen LogP contribution < -0.4 is 0 Å². The molecule has 1 unspecified atom stereocenters. The predicted molar refractivity (Wildman–Crippen MR) is 45.4 cm³/mol. The molecule has 0 radical (unpaired) electrons. The maximum atomic E-state index is 8.67. The van der Waals surface area contributed by atoms with E-state index in [1.54, 1.807) is 12.1 Å². The quantitative estimate of drug-likeness (QED) is 0.444. The Hall–Kier alpha value is -0.750. The van der Waals surface area contributed by atoms with Gasteiger partial charge in [0.05, 0.1) is 0 Å². The molecule has 2 nitrogen and oxygen atoms in total. The lowest BCUT2D eigenvalue weighted by Crippen LogP contribution is -1.63. The summed E-state index contributed by atoms with van der Waals surface area (Å²) in [7, 11) is 2.42. The van der Waals surface area contributed by atoms with Crippen molar-refractivity contribution < 1.29 is 10.2 Å². The average Bonchev–Trinajstić information content (AvgIpc) is 2.00. The molecule has 1 aromatic carbocycles. The number of rotatable bonds is 0. The molecule has 0 saturated heterocycles. The second kappa shape index (κ2) is 5.07. The number of hydrogen-bond acceptors (Lipinski definition) is 2. The second-order valence-corrected chi connectivity index (χ2v) is 1.49. The molecule has 56 valence electrons. The van der Waals surface area contributed by atoms with Gasteiger partial charge in [-0.2, -0.15) is 0 Å². The average molecular weight is 158 g/mol. The van der Waals surface area contributed by atoms with Crippen molar-refractivity contribution in [3.8, 4) is 11.5 Å². The Morgan fingerprint density at radius 1 is 1.00 bits per heavy atom. The summed E-state index contributed by atoms with van der Waals surface area (Å²) < 4.78 is 0. The van der Waals surface area contributed by atoms with E-state index in [4.69, 9.17) is 10.2 Å². The van der Waals surface area contributed by atoms with Crippen molar-refractivity contribution in [3.63, 3.8) is 0 Å². The van der Waals surface area contributed by atoms with E-state index in [1.807, 2.05) is 6.66 Å². The van der Waals surface area contributed by atoms with Crippen LogP contribution in [0, 0.1) is 0 Å². The van der Waals surface area contributed by atoms with E-state index in [0.29, 0.717) is 0 Å². The topological polar surface area (TPSA) is 40.5 Å². The molecule has 0 aliphatic carbocycles. The molecule has 0 aromatic heterocycles. The summed E-state index contributed by atoms with van der Waals surface area (Å²) in [5.41, 5.74) is 0. The van der Waals surface area contributed by atoms with Gasteiger partial charge in [0.1, 0.15) is 0 Å². The number of para-hydroxylation sites is 2. The lowest BCUT2D eigenvalue weighted by atomic mass is 10.3. The maximum absolute atomic E-state index is 8.67. The SMILES string of the molecule is CP.Oc1ccccc1O. The predicted octanol–water partition coefficient (Wildman–Crippen LogP) is 1.59. The van der Waals surface area contributed by atoms with Crippen molar-refractivity contribution in [2.24, 2.45) is 0 Å². The summed E-state index contributed by atoms with van der Waals surface area (Å²) >= 11 is 0. The molecule has 1 aromatic rings. The fourth-order valence-electron chi connectivity index (χ4n) is 0.464. The third kappa shape index (κ3) is 2.70. The van der Waals surface area contributed by atoms with Crippen LogP contribution in [0.25, 0.3) is 0 Å². The van der Waals surface area contributed by atoms with Crippen molar-refractivity contribution in [3.05, 3.63) is 24.3 Å². The summed E-state index contributed by atoms with van der Waals surface area (Å²) in [6.45, 7) is 1.92. The molecule has 0 fully saturated rings. The number of aromatic hydroxyl groups is 2. The van der Waals surface area contributed by atoms with Gasteiger partial charge < -0.3 is 10.2 Å². The molecular weight excluding hydrogens is 147 g/mol. The number of benzene rings is 1. The van der Waals surface area contributed by atoms with Crippen molar-refractivity contribution >= 4 is 9.24 Å². The first-order valence-electron chi connectivity index (χ1n) is 2.85. The summed E-state index contributed by atoms with van der Waals surface area (Å²) in [4.78, 5) is 0. The monoisotopic (exact) mass is 158 g/mol. The normalized spacial score (nSPS) is 7.80. The standard InChI is InChI=1S/C6H6O2.CH5P/c7-5-3-1-2-4-6(5)8;1-2/h1-4,7-8H;2H2,1H3. The van der Waals surface area contributed by atoms with Crippen LogP contribution in [0.2, 0.25) is 0 Å². The highest BCUT2D eigenvalue weighted by atomic mass is 31.0. The van der Waals surface area contributed by atoms with Gasteiger partial charge in [-0.15, -0.1) is 9.24 Å². The van der Waals surface area contributed by atoms with E-state index in [1.165, 1.54) is 12.1 Å². The lowest BCUT2D eigenvalue weighted by Gasteiger charge is -1.91. The molecule has 0 saturated carbocycles. The van der Waals surface area contributed by atoms with Crippen LogP contribution in [0.3, 0.4) is 0 Å². The van der Waals surface area contributed by atoms with E-state index in [-0.39, 0.29) is 11.5 Å². The molecule has 0 amide bonds. The Morgan fingerprint density at radius 2 is 1.30 bits per heavy atom. The van der Waals surface area contributed by atoms with E-state index < -0.39 is 0 Å². The first-order chi connectivity index (χ1) is 4.80. The Balaban J connectivity index is 0.000000371.